The molecule has 1 aromatic rings. The number of hydrogen-bond acceptors (Lipinski definition) is 4. The number of likely N-dealkylation sites (N-methyl/N-ethyl adjacent to an activating group) is 1. The number of aliphatic hydroxyl groups excluding tert-OH is 1. The lowest BCUT2D eigenvalue weighted by molar-refractivity contribution is 0.00578. The summed E-state index contributed by atoms with van der Waals surface area (Å²) in [4.78, 5) is 0. The Bertz CT molecular complexity index is 580. The van der Waals surface area contributed by atoms with Crippen molar-refractivity contribution in [2.75, 3.05) is 13.6 Å². The van der Waals surface area contributed by atoms with E-state index in [1.807, 2.05) is 26.1 Å². The van der Waals surface area contributed by atoms with Gasteiger partial charge in [0.2, 0.25) is 0 Å². The molecule has 23 heavy (non-hydrogen) atoms. The smallest absolute Gasteiger partial charge is 0.400 e. The lowest BCUT2D eigenvalue weighted by Crippen LogP contribution is -2.41. The van der Waals surface area contributed by atoms with Crippen molar-refractivity contribution >= 4 is 13.2 Å². The van der Waals surface area contributed by atoms with Crippen LogP contribution in [0.2, 0.25) is 0 Å². The summed E-state index contributed by atoms with van der Waals surface area (Å²) in [6, 6.07) is 6.05. The summed E-state index contributed by atoms with van der Waals surface area (Å²) >= 11 is 0. The van der Waals surface area contributed by atoms with Gasteiger partial charge in [-0.1, -0.05) is 24.3 Å². The normalized spacial score (nSPS) is 20.1. The molecule has 1 aromatic carbocycles. The van der Waals surface area contributed by atoms with Crippen LogP contribution in [0.5, 0.6) is 0 Å². The van der Waals surface area contributed by atoms with Gasteiger partial charge in [-0.2, -0.15) is 0 Å². The molecule has 126 valence electrons. The standard InChI is InChI=1S/C18H28BNO3/c1-13-9-14(7-8-15(13)12-21)10-16(11-20-6)19-22-17(2,3)18(4,5)23-19/h7-10,20-21H,11-12H2,1-6H3. The molecule has 1 aliphatic heterocycles. The van der Waals surface area contributed by atoms with E-state index in [2.05, 4.69) is 45.2 Å². The molecule has 0 saturated carbocycles. The lowest BCUT2D eigenvalue weighted by Gasteiger charge is -2.32. The van der Waals surface area contributed by atoms with Crippen LogP contribution in [-0.2, 0) is 15.9 Å². The van der Waals surface area contributed by atoms with Gasteiger partial charge in [0, 0.05) is 6.54 Å². The van der Waals surface area contributed by atoms with Gasteiger partial charge in [0.25, 0.3) is 0 Å². The van der Waals surface area contributed by atoms with Crippen molar-refractivity contribution in [2.24, 2.45) is 0 Å². The van der Waals surface area contributed by atoms with Gasteiger partial charge in [0.05, 0.1) is 17.8 Å². The van der Waals surface area contributed by atoms with E-state index in [0.29, 0.717) is 6.54 Å². The molecule has 0 spiro atoms. The van der Waals surface area contributed by atoms with Crippen LogP contribution in [0.1, 0.15) is 44.4 Å². The molecule has 2 N–H and O–H groups in total. The van der Waals surface area contributed by atoms with Crippen molar-refractivity contribution in [3.63, 3.8) is 0 Å². The van der Waals surface area contributed by atoms with E-state index < -0.39 is 0 Å². The van der Waals surface area contributed by atoms with E-state index >= 15 is 0 Å². The molecular formula is C18H28BNO3. The zero-order chi connectivity index (χ0) is 17.3. The molecule has 2 rings (SSSR count). The monoisotopic (exact) mass is 317 g/mol. The third-order valence-electron chi connectivity index (χ3n) is 4.83. The SMILES string of the molecule is CNCC(=Cc1ccc(CO)c(C)c1)B1OC(C)(C)C(C)(C)O1. The molecule has 5 heteroatoms. The van der Waals surface area contributed by atoms with Crippen LogP contribution in [0.15, 0.2) is 23.7 Å². The first-order valence-corrected chi connectivity index (χ1v) is 8.11. The van der Waals surface area contributed by atoms with Gasteiger partial charge in [0.1, 0.15) is 0 Å². The van der Waals surface area contributed by atoms with Crippen LogP contribution < -0.4 is 5.32 Å². The average Bonchev–Trinajstić information content (AvgIpc) is 2.67. The molecule has 1 saturated heterocycles. The maximum atomic E-state index is 9.30. The Morgan fingerprint density at radius 2 is 1.83 bits per heavy atom. The van der Waals surface area contributed by atoms with E-state index in [0.717, 1.165) is 22.2 Å². The predicted molar refractivity (Wildman–Crippen MR) is 95.1 cm³/mol. The summed E-state index contributed by atoms with van der Waals surface area (Å²) in [5, 5.41) is 12.5. The van der Waals surface area contributed by atoms with Crippen molar-refractivity contribution < 1.29 is 14.4 Å². The minimum absolute atomic E-state index is 0.0659. The molecule has 0 radical (unpaired) electrons. The van der Waals surface area contributed by atoms with Gasteiger partial charge in [0.15, 0.2) is 0 Å². The van der Waals surface area contributed by atoms with Crippen LogP contribution in [0.4, 0.5) is 0 Å². The molecule has 1 aliphatic rings. The van der Waals surface area contributed by atoms with Crippen molar-refractivity contribution in [3.8, 4) is 0 Å². The Balaban J connectivity index is 2.30. The van der Waals surface area contributed by atoms with Crippen LogP contribution in [0.25, 0.3) is 6.08 Å². The summed E-state index contributed by atoms with van der Waals surface area (Å²) in [7, 11) is 1.56. The Kier molecular flexibility index (Phi) is 5.36. The largest absolute Gasteiger partial charge is 0.491 e. The Labute approximate surface area is 140 Å². The summed E-state index contributed by atoms with van der Waals surface area (Å²) in [6.45, 7) is 11.0. The van der Waals surface area contributed by atoms with Gasteiger partial charge in [-0.05, 0) is 63.8 Å². The van der Waals surface area contributed by atoms with Crippen molar-refractivity contribution in [2.45, 2.75) is 52.4 Å². The molecule has 0 aromatic heterocycles. The lowest BCUT2D eigenvalue weighted by atomic mass is 9.77. The zero-order valence-corrected chi connectivity index (χ0v) is 15.1. The molecule has 0 amide bonds. The minimum Gasteiger partial charge on any atom is -0.400 e. The fourth-order valence-corrected chi connectivity index (χ4v) is 2.60. The van der Waals surface area contributed by atoms with Crippen LogP contribution >= 0.6 is 0 Å². The van der Waals surface area contributed by atoms with Crippen LogP contribution in [0, 0.1) is 6.92 Å². The third kappa shape index (κ3) is 3.86. The van der Waals surface area contributed by atoms with Crippen LogP contribution in [-0.4, -0.2) is 37.0 Å². The van der Waals surface area contributed by atoms with E-state index in [9.17, 15) is 5.11 Å². The fraction of sp³-hybridized carbons (Fsp3) is 0.556. The average molecular weight is 317 g/mol. The van der Waals surface area contributed by atoms with Gasteiger partial charge in [-0.15, -0.1) is 0 Å². The number of aryl methyl sites for hydroxylation is 1. The fourth-order valence-electron chi connectivity index (χ4n) is 2.60. The molecule has 0 aliphatic carbocycles. The molecule has 1 heterocycles. The second kappa shape index (κ2) is 6.77. The molecule has 0 bridgehead atoms. The molecule has 4 nitrogen and oxygen atoms in total. The number of nitrogens with one attached hydrogen (secondary N) is 1. The van der Waals surface area contributed by atoms with Gasteiger partial charge in [-0.3, -0.25) is 0 Å². The molecule has 0 unspecified atom stereocenters. The highest BCUT2D eigenvalue weighted by molar-refractivity contribution is 6.55. The third-order valence-corrected chi connectivity index (χ3v) is 4.83. The molecular weight excluding hydrogens is 289 g/mol. The number of aliphatic hydroxyl groups is 1. The molecule has 0 atom stereocenters. The quantitative estimate of drug-likeness (QED) is 0.820. The first kappa shape index (κ1) is 18.2. The minimum atomic E-state index is -0.356. The summed E-state index contributed by atoms with van der Waals surface area (Å²) in [6.07, 6.45) is 2.10. The number of hydrogen-bond donors (Lipinski definition) is 2. The van der Waals surface area contributed by atoms with Crippen molar-refractivity contribution in [1.29, 1.82) is 0 Å². The first-order valence-electron chi connectivity index (χ1n) is 8.11. The summed E-state index contributed by atoms with van der Waals surface area (Å²) in [5.74, 6) is 0. The highest BCUT2D eigenvalue weighted by atomic mass is 16.7. The van der Waals surface area contributed by atoms with E-state index in [4.69, 9.17) is 9.31 Å². The maximum Gasteiger partial charge on any atom is 0.491 e. The van der Waals surface area contributed by atoms with Crippen molar-refractivity contribution in [3.05, 3.63) is 40.4 Å². The maximum absolute atomic E-state index is 9.30. The molecule has 1 fully saturated rings. The van der Waals surface area contributed by atoms with Gasteiger partial charge < -0.3 is 19.7 Å². The van der Waals surface area contributed by atoms with Crippen LogP contribution in [0.3, 0.4) is 0 Å². The predicted octanol–water partition coefficient (Wildman–Crippen LogP) is 2.72. The Morgan fingerprint density at radius 1 is 1.22 bits per heavy atom. The topological polar surface area (TPSA) is 50.7 Å². The van der Waals surface area contributed by atoms with Gasteiger partial charge >= 0.3 is 7.12 Å². The second-order valence-electron chi connectivity index (χ2n) is 7.18. The number of benzene rings is 1. The highest BCUT2D eigenvalue weighted by Gasteiger charge is 2.52. The van der Waals surface area contributed by atoms with Gasteiger partial charge in [-0.25, -0.2) is 0 Å². The second-order valence-corrected chi connectivity index (χ2v) is 7.18. The number of rotatable bonds is 5. The first-order chi connectivity index (χ1) is 10.7. The van der Waals surface area contributed by atoms with Crippen molar-refractivity contribution in [1.82, 2.24) is 5.32 Å². The van der Waals surface area contributed by atoms with E-state index in [1.165, 1.54) is 0 Å². The highest BCUT2D eigenvalue weighted by Crippen LogP contribution is 2.38. The Hall–Kier alpha value is -1.14. The summed E-state index contributed by atoms with van der Waals surface area (Å²) < 4.78 is 12.3. The zero-order valence-electron chi connectivity index (χ0n) is 15.1. The van der Waals surface area contributed by atoms with E-state index in [1.54, 1.807) is 0 Å². The Morgan fingerprint density at radius 3 is 2.30 bits per heavy atom. The summed E-state index contributed by atoms with van der Waals surface area (Å²) in [5.41, 5.74) is 3.48. The van der Waals surface area contributed by atoms with E-state index in [-0.39, 0.29) is 24.9 Å².